The quantitative estimate of drug-likeness (QED) is 0.0243. The fourth-order valence-corrected chi connectivity index (χ4v) is 9.18. The molecule has 0 rings (SSSR count). The molecule has 0 radical (unpaired) electrons. The van der Waals surface area contributed by atoms with Crippen LogP contribution >= 0.6 is 7.82 Å². The lowest BCUT2D eigenvalue weighted by Crippen LogP contribution is -2.45. The Bertz CT molecular complexity index is 1730. The number of aliphatic hydroxyl groups excluding tert-OH is 1. The van der Waals surface area contributed by atoms with Crippen LogP contribution in [0, 0.1) is 0 Å². The molecule has 0 bridgehead atoms. The Morgan fingerprint density at radius 1 is 0.449 bits per heavy atom. The number of rotatable bonds is 56. The molecule has 0 aromatic carbocycles. The third-order valence-corrected chi connectivity index (χ3v) is 14.3. The van der Waals surface area contributed by atoms with Crippen LogP contribution in [-0.2, 0) is 18.4 Å². The summed E-state index contributed by atoms with van der Waals surface area (Å²) in [5.74, 6) is -0.204. The maximum absolute atomic E-state index is 13.0. The predicted octanol–water partition coefficient (Wildman–Crippen LogP) is 19.9. The molecule has 0 aliphatic carbocycles. The number of likely N-dealkylation sites (N-methyl/N-ethyl adjacent to an activating group) is 1. The molecular formula is C69H120N2O6P+. The summed E-state index contributed by atoms with van der Waals surface area (Å²) in [5, 5.41) is 13.9. The van der Waals surface area contributed by atoms with Crippen molar-refractivity contribution in [3.05, 3.63) is 134 Å². The van der Waals surface area contributed by atoms with Gasteiger partial charge >= 0.3 is 7.82 Å². The molecule has 3 unspecified atom stereocenters. The van der Waals surface area contributed by atoms with Crippen molar-refractivity contribution in [1.29, 1.82) is 0 Å². The lowest BCUT2D eigenvalue weighted by molar-refractivity contribution is -0.870. The first-order valence-electron chi connectivity index (χ1n) is 31.6. The number of phosphoric acid groups is 1. The highest BCUT2D eigenvalue weighted by Gasteiger charge is 2.27. The van der Waals surface area contributed by atoms with Gasteiger partial charge < -0.3 is 19.8 Å². The van der Waals surface area contributed by atoms with Crippen molar-refractivity contribution in [2.24, 2.45) is 0 Å². The van der Waals surface area contributed by atoms with E-state index in [1.807, 2.05) is 27.2 Å². The van der Waals surface area contributed by atoms with Gasteiger partial charge in [0.15, 0.2) is 0 Å². The van der Waals surface area contributed by atoms with Crippen molar-refractivity contribution in [2.75, 3.05) is 40.9 Å². The smallest absolute Gasteiger partial charge is 0.387 e. The predicted molar refractivity (Wildman–Crippen MR) is 341 cm³/mol. The monoisotopic (exact) mass is 1100 g/mol. The first-order valence-corrected chi connectivity index (χ1v) is 33.1. The molecule has 0 aromatic heterocycles. The summed E-state index contributed by atoms with van der Waals surface area (Å²) in [6.07, 6.45) is 88.5. The minimum Gasteiger partial charge on any atom is -0.387 e. The van der Waals surface area contributed by atoms with Crippen LogP contribution in [0.1, 0.15) is 245 Å². The normalized spacial score (nSPS) is 14.7. The molecule has 0 saturated heterocycles. The van der Waals surface area contributed by atoms with Gasteiger partial charge in [0, 0.05) is 6.42 Å². The van der Waals surface area contributed by atoms with E-state index in [2.05, 4.69) is 141 Å². The minimum absolute atomic E-state index is 0.0448. The highest BCUT2D eigenvalue weighted by atomic mass is 31.2. The third kappa shape index (κ3) is 60.3. The molecule has 3 atom stereocenters. The van der Waals surface area contributed by atoms with Crippen molar-refractivity contribution in [3.63, 3.8) is 0 Å². The van der Waals surface area contributed by atoms with Crippen LogP contribution in [0.3, 0.4) is 0 Å². The summed E-state index contributed by atoms with van der Waals surface area (Å²) in [4.78, 5) is 23.4. The van der Waals surface area contributed by atoms with Gasteiger partial charge in [0.25, 0.3) is 0 Å². The summed E-state index contributed by atoms with van der Waals surface area (Å²) >= 11 is 0. The Morgan fingerprint density at radius 3 is 1.18 bits per heavy atom. The van der Waals surface area contributed by atoms with Gasteiger partial charge in [-0.1, -0.05) is 263 Å². The minimum atomic E-state index is -4.37. The Hall–Kier alpha value is -3.36. The zero-order chi connectivity index (χ0) is 57.0. The van der Waals surface area contributed by atoms with Crippen molar-refractivity contribution in [2.45, 2.75) is 257 Å². The number of carbonyl (C=O) groups excluding carboxylic acids is 1. The van der Waals surface area contributed by atoms with Crippen LogP contribution in [0.15, 0.2) is 134 Å². The summed E-state index contributed by atoms with van der Waals surface area (Å²) in [6.45, 7) is 4.66. The van der Waals surface area contributed by atoms with Crippen molar-refractivity contribution < 1.29 is 32.9 Å². The van der Waals surface area contributed by atoms with Crippen molar-refractivity contribution in [3.8, 4) is 0 Å². The van der Waals surface area contributed by atoms with Gasteiger partial charge in [0.2, 0.25) is 5.91 Å². The molecule has 0 spiro atoms. The first kappa shape index (κ1) is 74.6. The number of allylic oxidation sites excluding steroid dienone is 21. The average molecular weight is 1100 g/mol. The maximum Gasteiger partial charge on any atom is 0.472 e. The molecule has 3 N–H and O–H groups in total. The number of aliphatic hydroxyl groups is 1. The Kier molecular flexibility index (Phi) is 55.8. The number of carbonyl (C=O) groups is 1. The van der Waals surface area contributed by atoms with Crippen LogP contribution in [0.25, 0.3) is 0 Å². The summed E-state index contributed by atoms with van der Waals surface area (Å²) in [6, 6.07) is -0.886. The Labute approximate surface area is 481 Å². The van der Waals surface area contributed by atoms with Gasteiger partial charge in [-0.25, -0.2) is 4.57 Å². The SMILES string of the molecule is CC/C=C\C/C=C\C/C=C\C/C=C\C/C=C\C/C=C\C/C=C\C/C=C\CCCCCCCCCCC(=O)NC(COP(=O)(O)OCC[N+](C)(C)C)C(O)/C=C/CC/C=C/CC/C=C/CCCCCCCCCCCCCCC. The van der Waals surface area contributed by atoms with Gasteiger partial charge in [-0.15, -0.1) is 0 Å². The molecule has 1 amide bonds. The highest BCUT2D eigenvalue weighted by Crippen LogP contribution is 2.43. The second-order valence-corrected chi connectivity index (χ2v) is 23.5. The van der Waals surface area contributed by atoms with E-state index in [1.165, 1.54) is 116 Å². The van der Waals surface area contributed by atoms with E-state index in [0.29, 0.717) is 17.4 Å². The van der Waals surface area contributed by atoms with Crippen LogP contribution in [-0.4, -0.2) is 73.4 Å². The molecule has 0 heterocycles. The third-order valence-electron chi connectivity index (χ3n) is 13.3. The molecule has 8 nitrogen and oxygen atoms in total. The summed E-state index contributed by atoms with van der Waals surface area (Å²) in [7, 11) is 1.52. The molecule has 0 aromatic rings. The number of hydrogen-bond donors (Lipinski definition) is 3. The number of nitrogens with zero attached hydrogens (tertiary/aromatic N) is 1. The van der Waals surface area contributed by atoms with E-state index in [-0.39, 0.29) is 19.1 Å². The van der Waals surface area contributed by atoms with Gasteiger partial charge in [0.1, 0.15) is 13.2 Å². The van der Waals surface area contributed by atoms with Crippen LogP contribution in [0.2, 0.25) is 0 Å². The number of quaternary nitrogens is 1. The van der Waals surface area contributed by atoms with E-state index < -0.39 is 20.0 Å². The summed E-state index contributed by atoms with van der Waals surface area (Å²) in [5.41, 5.74) is 0. The fraction of sp³-hybridized carbons (Fsp3) is 0.667. The van der Waals surface area contributed by atoms with Crippen LogP contribution in [0.4, 0.5) is 0 Å². The molecular weight excluding hydrogens is 984 g/mol. The molecule has 78 heavy (non-hydrogen) atoms. The summed E-state index contributed by atoms with van der Waals surface area (Å²) < 4.78 is 23.7. The molecule has 0 aliphatic heterocycles. The van der Waals surface area contributed by atoms with Crippen LogP contribution < -0.4 is 5.32 Å². The zero-order valence-electron chi connectivity index (χ0n) is 50.9. The molecule has 0 saturated carbocycles. The number of phosphoric ester groups is 1. The first-order chi connectivity index (χ1) is 38.0. The van der Waals surface area contributed by atoms with Crippen molar-refractivity contribution >= 4 is 13.7 Å². The topological polar surface area (TPSA) is 105 Å². The zero-order valence-corrected chi connectivity index (χ0v) is 51.7. The average Bonchev–Trinajstić information content (AvgIpc) is 3.41. The number of hydrogen-bond acceptors (Lipinski definition) is 5. The van der Waals surface area contributed by atoms with E-state index >= 15 is 0 Å². The van der Waals surface area contributed by atoms with Gasteiger partial charge in [0.05, 0.1) is 39.9 Å². The molecule has 446 valence electrons. The maximum atomic E-state index is 13.0. The largest absolute Gasteiger partial charge is 0.472 e. The lowest BCUT2D eigenvalue weighted by atomic mass is 10.0. The van der Waals surface area contributed by atoms with Crippen LogP contribution in [0.5, 0.6) is 0 Å². The Balaban J connectivity index is 4.28. The number of nitrogens with one attached hydrogen (secondary N) is 1. The highest BCUT2D eigenvalue weighted by molar-refractivity contribution is 7.47. The molecule has 0 fully saturated rings. The van der Waals surface area contributed by atoms with E-state index in [4.69, 9.17) is 9.05 Å². The van der Waals surface area contributed by atoms with Crippen molar-refractivity contribution in [1.82, 2.24) is 5.32 Å². The van der Waals surface area contributed by atoms with Gasteiger partial charge in [-0.05, 0) is 109 Å². The van der Waals surface area contributed by atoms with E-state index in [1.54, 1.807) is 6.08 Å². The second kappa shape index (κ2) is 58.3. The Morgan fingerprint density at radius 2 is 0.782 bits per heavy atom. The number of amides is 1. The van der Waals surface area contributed by atoms with E-state index in [0.717, 1.165) is 109 Å². The van der Waals surface area contributed by atoms with E-state index in [9.17, 15) is 19.4 Å². The second-order valence-electron chi connectivity index (χ2n) is 22.0. The fourth-order valence-electron chi connectivity index (χ4n) is 8.44. The molecule has 9 heteroatoms. The standard InChI is InChI=1S/C69H119N2O6P/c1-6-8-10-12-14-16-18-20-22-24-26-28-30-31-32-33-34-35-36-37-38-39-41-43-45-47-49-51-53-55-57-59-61-63-69(73)70-67(66-77-78(74,75)76-65-64-71(3,4)5)68(72)62-60-58-56-54-52-50-48-46-44-42-40-29-27-25-23-21-19-17-15-13-11-9-7-2/h8,10,14,16,20,22,26,28,31-32,34-35,37-38,41,43-44,46,52,54,60,62,67-68,72H,6-7,9,11-13,15,17-19,21,23-25,27,29-30,33,36,39-40,42,45,47-51,53,55-59,61,63-66H2,1-5H3,(H-,70,73,74,75)/p+1/b10-8-,16-14-,22-20-,28-26-,32-31-,35-34-,38-37-,43-41-,46-44+,54-52+,62-60+. The van der Waals surface area contributed by atoms with Gasteiger partial charge in [-0.3, -0.25) is 13.8 Å². The number of unbranched alkanes of at least 4 members (excludes halogenated alkanes) is 23. The van der Waals surface area contributed by atoms with Gasteiger partial charge in [-0.2, -0.15) is 0 Å². The molecule has 0 aliphatic rings. The lowest BCUT2D eigenvalue weighted by Gasteiger charge is -2.25.